The predicted octanol–water partition coefficient (Wildman–Crippen LogP) is 4.44. The van der Waals surface area contributed by atoms with E-state index in [2.05, 4.69) is 4.98 Å². The van der Waals surface area contributed by atoms with Crippen LogP contribution in [0.25, 0.3) is 10.9 Å². The van der Waals surface area contributed by atoms with Gasteiger partial charge < -0.3 is 15.1 Å². The van der Waals surface area contributed by atoms with E-state index >= 15 is 0 Å². The van der Waals surface area contributed by atoms with Crippen molar-refractivity contribution >= 4 is 22.5 Å². The molecule has 5 nitrogen and oxygen atoms in total. The molecule has 134 valence electrons. The second-order valence-electron chi connectivity index (χ2n) is 6.52. The van der Waals surface area contributed by atoms with E-state index in [0.29, 0.717) is 17.8 Å². The van der Waals surface area contributed by atoms with Crippen LogP contribution in [0.15, 0.2) is 48.7 Å². The fourth-order valence-corrected chi connectivity index (χ4v) is 3.02. The number of amides is 1. The zero-order valence-corrected chi connectivity index (χ0v) is 15.1. The molecule has 3 aromatic rings. The van der Waals surface area contributed by atoms with Gasteiger partial charge in [-0.05, 0) is 36.6 Å². The van der Waals surface area contributed by atoms with Crippen LogP contribution in [0.5, 0.6) is 11.5 Å². The Morgan fingerprint density at radius 3 is 2.54 bits per heavy atom. The van der Waals surface area contributed by atoms with Crippen molar-refractivity contribution in [1.29, 1.82) is 0 Å². The summed E-state index contributed by atoms with van der Waals surface area (Å²) in [7, 11) is 0. The van der Waals surface area contributed by atoms with E-state index in [1.54, 1.807) is 17.2 Å². The van der Waals surface area contributed by atoms with Crippen molar-refractivity contribution in [2.45, 2.75) is 26.7 Å². The van der Waals surface area contributed by atoms with Crippen molar-refractivity contribution in [3.05, 3.63) is 59.8 Å². The summed E-state index contributed by atoms with van der Waals surface area (Å²) in [5.74, 6) is -0.544. The molecule has 1 heterocycles. The third kappa shape index (κ3) is 3.20. The lowest BCUT2D eigenvalue weighted by molar-refractivity contribution is 0.0985. The minimum Gasteiger partial charge on any atom is -0.508 e. The van der Waals surface area contributed by atoms with Crippen LogP contribution in [0, 0.1) is 0 Å². The Bertz CT molecular complexity index is 967. The summed E-state index contributed by atoms with van der Waals surface area (Å²) >= 11 is 0. The van der Waals surface area contributed by atoms with Gasteiger partial charge in [0.15, 0.2) is 0 Å². The Labute approximate surface area is 152 Å². The number of benzene rings is 2. The first-order valence-electron chi connectivity index (χ1n) is 8.65. The number of hydrogen-bond acceptors (Lipinski definition) is 4. The van der Waals surface area contributed by atoms with Gasteiger partial charge in [0.1, 0.15) is 11.5 Å². The number of anilines is 1. The van der Waals surface area contributed by atoms with Crippen LogP contribution < -0.4 is 4.90 Å². The van der Waals surface area contributed by atoms with Gasteiger partial charge in [-0.25, -0.2) is 0 Å². The average molecular weight is 350 g/mol. The smallest absolute Gasteiger partial charge is 0.262 e. The van der Waals surface area contributed by atoms with Gasteiger partial charge in [0.05, 0.1) is 23.0 Å². The van der Waals surface area contributed by atoms with Gasteiger partial charge in [-0.3, -0.25) is 9.78 Å². The number of fused-ring (bicyclic) bond motifs is 1. The minimum atomic E-state index is -0.330. The van der Waals surface area contributed by atoms with Crippen LogP contribution in [-0.2, 0) is 0 Å². The van der Waals surface area contributed by atoms with E-state index in [-0.39, 0.29) is 28.9 Å². The molecule has 1 aromatic heterocycles. The molecule has 2 N–H and O–H groups in total. The number of hydrogen-bond donors (Lipinski definition) is 2. The summed E-state index contributed by atoms with van der Waals surface area (Å²) in [4.78, 5) is 19.1. The van der Waals surface area contributed by atoms with Crippen LogP contribution in [0.4, 0.5) is 5.69 Å². The molecular formula is C21H22N2O3. The summed E-state index contributed by atoms with van der Waals surface area (Å²) in [5.41, 5.74) is 2.31. The summed E-state index contributed by atoms with van der Waals surface area (Å²) in [6.45, 7) is 6.14. The third-order valence-corrected chi connectivity index (χ3v) is 4.45. The average Bonchev–Trinajstić information content (AvgIpc) is 2.61. The van der Waals surface area contributed by atoms with Crippen LogP contribution in [0.2, 0.25) is 0 Å². The number of rotatable bonds is 4. The first-order chi connectivity index (χ1) is 12.4. The molecular weight excluding hydrogens is 328 g/mol. The van der Waals surface area contributed by atoms with E-state index < -0.39 is 0 Å². The second-order valence-corrected chi connectivity index (χ2v) is 6.52. The van der Waals surface area contributed by atoms with Crippen LogP contribution in [0.1, 0.15) is 42.6 Å². The maximum Gasteiger partial charge on any atom is 0.262 e. The van der Waals surface area contributed by atoms with E-state index in [1.165, 1.54) is 6.07 Å². The Balaban J connectivity index is 2.04. The molecule has 5 heteroatoms. The van der Waals surface area contributed by atoms with Gasteiger partial charge in [0, 0.05) is 18.0 Å². The van der Waals surface area contributed by atoms with Gasteiger partial charge in [0.2, 0.25) is 0 Å². The molecule has 0 aliphatic heterocycles. The number of phenolic OH excluding ortho intramolecular Hbond substituents is 2. The number of carbonyl (C=O) groups excluding carboxylic acids is 1. The van der Waals surface area contributed by atoms with Crippen molar-refractivity contribution in [2.24, 2.45) is 0 Å². The fraction of sp³-hybridized carbons (Fsp3) is 0.238. The quantitative estimate of drug-likeness (QED) is 0.730. The summed E-state index contributed by atoms with van der Waals surface area (Å²) in [6, 6.07) is 12.4. The fourth-order valence-electron chi connectivity index (χ4n) is 3.02. The lowest BCUT2D eigenvalue weighted by atomic mass is 9.98. The number of carbonyl (C=O) groups is 1. The van der Waals surface area contributed by atoms with Crippen molar-refractivity contribution in [3.8, 4) is 11.5 Å². The molecule has 0 unspecified atom stereocenters. The molecule has 0 aliphatic rings. The molecule has 0 bridgehead atoms. The molecule has 0 radical (unpaired) electrons. The second kappa shape index (κ2) is 7.04. The van der Waals surface area contributed by atoms with Crippen molar-refractivity contribution in [1.82, 2.24) is 4.98 Å². The topological polar surface area (TPSA) is 73.7 Å². The molecule has 0 atom stereocenters. The van der Waals surface area contributed by atoms with Gasteiger partial charge in [-0.15, -0.1) is 0 Å². The van der Waals surface area contributed by atoms with E-state index in [4.69, 9.17) is 0 Å². The van der Waals surface area contributed by atoms with E-state index in [1.807, 2.05) is 51.1 Å². The van der Waals surface area contributed by atoms with Crippen LogP contribution in [0.3, 0.4) is 0 Å². The van der Waals surface area contributed by atoms with E-state index in [9.17, 15) is 15.0 Å². The minimum absolute atomic E-state index is 0.00975. The summed E-state index contributed by atoms with van der Waals surface area (Å²) < 4.78 is 0. The highest BCUT2D eigenvalue weighted by molar-refractivity contribution is 6.08. The summed E-state index contributed by atoms with van der Waals surface area (Å²) in [6.07, 6.45) is 1.66. The monoisotopic (exact) mass is 350 g/mol. The van der Waals surface area contributed by atoms with Gasteiger partial charge in [0.25, 0.3) is 5.91 Å². The Morgan fingerprint density at radius 2 is 1.85 bits per heavy atom. The molecule has 0 saturated carbocycles. The maximum absolute atomic E-state index is 13.1. The molecule has 1 amide bonds. The highest BCUT2D eigenvalue weighted by Crippen LogP contribution is 2.33. The normalized spacial score (nSPS) is 11.1. The first-order valence-corrected chi connectivity index (χ1v) is 8.65. The highest BCUT2D eigenvalue weighted by Gasteiger charge is 2.22. The Kier molecular flexibility index (Phi) is 4.80. The number of aromatic hydroxyl groups is 2. The van der Waals surface area contributed by atoms with Crippen molar-refractivity contribution < 1.29 is 15.0 Å². The lowest BCUT2D eigenvalue weighted by Crippen LogP contribution is -2.31. The molecule has 26 heavy (non-hydrogen) atoms. The molecule has 0 saturated heterocycles. The molecule has 0 aliphatic carbocycles. The molecule has 3 rings (SSSR count). The molecule has 0 spiro atoms. The van der Waals surface area contributed by atoms with Crippen molar-refractivity contribution in [3.63, 3.8) is 0 Å². The number of para-hydroxylation sites is 1. The SMILES string of the molecule is CCN(C(=O)c1cc(C(C)C)c(O)cc1O)c1cnc2ccccc2c1. The summed E-state index contributed by atoms with van der Waals surface area (Å²) in [5, 5.41) is 21.2. The third-order valence-electron chi connectivity index (χ3n) is 4.45. The first kappa shape index (κ1) is 17.7. The zero-order valence-electron chi connectivity index (χ0n) is 15.1. The number of pyridine rings is 1. The predicted molar refractivity (Wildman–Crippen MR) is 103 cm³/mol. The number of nitrogens with zero attached hydrogens (tertiary/aromatic N) is 2. The molecule has 0 fully saturated rings. The van der Waals surface area contributed by atoms with Gasteiger partial charge in [-0.1, -0.05) is 32.0 Å². The Morgan fingerprint density at radius 1 is 1.12 bits per heavy atom. The molecule has 2 aromatic carbocycles. The van der Waals surface area contributed by atoms with E-state index in [0.717, 1.165) is 10.9 Å². The number of phenols is 2. The van der Waals surface area contributed by atoms with Crippen molar-refractivity contribution in [2.75, 3.05) is 11.4 Å². The Hall–Kier alpha value is -3.08. The highest BCUT2D eigenvalue weighted by atomic mass is 16.3. The van der Waals surface area contributed by atoms with Gasteiger partial charge >= 0.3 is 0 Å². The largest absolute Gasteiger partial charge is 0.508 e. The van der Waals surface area contributed by atoms with Crippen LogP contribution in [-0.4, -0.2) is 27.6 Å². The maximum atomic E-state index is 13.1. The standard InChI is InChI=1S/C21H22N2O3/c1-4-23(15-9-14-7-5-6-8-18(14)22-12-15)21(26)17-10-16(13(2)3)19(24)11-20(17)25/h5-13,24-25H,4H2,1-3H3. The van der Waals surface area contributed by atoms with Gasteiger partial charge in [-0.2, -0.15) is 0 Å². The number of aromatic nitrogens is 1. The van der Waals surface area contributed by atoms with Crippen LogP contribution >= 0.6 is 0 Å². The zero-order chi connectivity index (χ0) is 18.8. The lowest BCUT2D eigenvalue weighted by Gasteiger charge is -2.22.